The van der Waals surface area contributed by atoms with Crippen molar-refractivity contribution in [1.82, 2.24) is 5.32 Å². The Morgan fingerprint density at radius 2 is 1.42 bits per heavy atom. The third-order valence-electron chi connectivity index (χ3n) is 3.07. The van der Waals surface area contributed by atoms with Crippen LogP contribution in [0.2, 0.25) is 0 Å². The van der Waals surface area contributed by atoms with Gasteiger partial charge in [-0.25, -0.2) is 0 Å². The molecular weight excluding hydrogens is 272 g/mol. The van der Waals surface area contributed by atoms with Gasteiger partial charge < -0.3 is 5.32 Å². The lowest BCUT2D eigenvalue weighted by Crippen LogP contribution is -2.17. The van der Waals surface area contributed by atoms with Crippen LogP contribution in [0.15, 0.2) is 18.2 Å². The van der Waals surface area contributed by atoms with E-state index in [-0.39, 0.29) is 11.6 Å². The van der Waals surface area contributed by atoms with E-state index in [9.17, 15) is 26.3 Å². The summed E-state index contributed by atoms with van der Waals surface area (Å²) in [5.74, 6) is 0. The SMILES string of the molecule is FC(F)(F)c1cc([C@@H]2CCCN2)cc(C(F)(F)F)c1. The van der Waals surface area contributed by atoms with Gasteiger partial charge in [-0.2, -0.15) is 26.3 Å². The molecule has 1 aliphatic rings. The Morgan fingerprint density at radius 1 is 0.895 bits per heavy atom. The monoisotopic (exact) mass is 283 g/mol. The summed E-state index contributed by atoms with van der Waals surface area (Å²) >= 11 is 0. The van der Waals surface area contributed by atoms with E-state index in [4.69, 9.17) is 0 Å². The van der Waals surface area contributed by atoms with Crippen molar-refractivity contribution in [2.75, 3.05) is 6.54 Å². The van der Waals surface area contributed by atoms with Crippen molar-refractivity contribution in [2.45, 2.75) is 31.2 Å². The van der Waals surface area contributed by atoms with Crippen LogP contribution >= 0.6 is 0 Å². The average molecular weight is 283 g/mol. The van der Waals surface area contributed by atoms with Crippen molar-refractivity contribution in [1.29, 1.82) is 0 Å². The third-order valence-corrected chi connectivity index (χ3v) is 3.07. The Bertz CT molecular complexity index is 424. The summed E-state index contributed by atoms with van der Waals surface area (Å²) in [5, 5.41) is 2.90. The molecule has 1 N–H and O–H groups in total. The summed E-state index contributed by atoms with van der Waals surface area (Å²) in [6.07, 6.45) is -8.29. The predicted molar refractivity (Wildman–Crippen MR) is 56.4 cm³/mol. The molecule has 1 fully saturated rings. The summed E-state index contributed by atoms with van der Waals surface area (Å²) in [6, 6.07) is 1.29. The van der Waals surface area contributed by atoms with Crippen LogP contribution in [0.3, 0.4) is 0 Å². The van der Waals surface area contributed by atoms with Crippen molar-refractivity contribution in [3.05, 3.63) is 34.9 Å². The van der Waals surface area contributed by atoms with Gasteiger partial charge in [0.05, 0.1) is 11.1 Å². The number of nitrogens with one attached hydrogen (secondary N) is 1. The van der Waals surface area contributed by atoms with Gasteiger partial charge in [-0.15, -0.1) is 0 Å². The molecule has 1 aromatic carbocycles. The van der Waals surface area contributed by atoms with E-state index in [2.05, 4.69) is 5.32 Å². The van der Waals surface area contributed by atoms with Crippen LogP contribution < -0.4 is 5.32 Å². The lowest BCUT2D eigenvalue weighted by molar-refractivity contribution is -0.143. The molecule has 1 aliphatic heterocycles. The first-order valence-electron chi connectivity index (χ1n) is 5.71. The summed E-state index contributed by atoms with van der Waals surface area (Å²) in [7, 11) is 0. The molecule has 0 spiro atoms. The van der Waals surface area contributed by atoms with Gasteiger partial charge in [-0.3, -0.25) is 0 Å². The van der Waals surface area contributed by atoms with Gasteiger partial charge in [0.1, 0.15) is 0 Å². The van der Waals surface area contributed by atoms with Gasteiger partial charge in [0.2, 0.25) is 0 Å². The number of rotatable bonds is 1. The number of benzene rings is 1. The molecule has 2 rings (SSSR count). The molecule has 19 heavy (non-hydrogen) atoms. The number of hydrogen-bond donors (Lipinski definition) is 1. The highest BCUT2D eigenvalue weighted by Gasteiger charge is 2.37. The van der Waals surface area contributed by atoms with Crippen molar-refractivity contribution >= 4 is 0 Å². The van der Waals surface area contributed by atoms with E-state index in [1.165, 1.54) is 0 Å². The summed E-state index contributed by atoms with van der Waals surface area (Å²) in [5.41, 5.74) is -2.48. The Balaban J connectivity index is 2.48. The molecule has 1 aromatic rings. The second kappa shape index (κ2) is 4.70. The molecule has 1 saturated heterocycles. The Morgan fingerprint density at radius 3 is 1.79 bits per heavy atom. The second-order valence-electron chi connectivity index (χ2n) is 4.49. The molecule has 0 saturated carbocycles. The predicted octanol–water partition coefficient (Wildman–Crippen LogP) is 4.15. The minimum Gasteiger partial charge on any atom is -0.310 e. The molecule has 0 aromatic heterocycles. The fourth-order valence-electron chi connectivity index (χ4n) is 2.15. The van der Waals surface area contributed by atoms with Crippen LogP contribution in [0, 0.1) is 0 Å². The number of hydrogen-bond acceptors (Lipinski definition) is 1. The van der Waals surface area contributed by atoms with Crippen LogP contribution in [-0.4, -0.2) is 6.54 Å². The maximum atomic E-state index is 12.6. The molecule has 106 valence electrons. The van der Waals surface area contributed by atoms with Crippen LogP contribution in [-0.2, 0) is 12.4 Å². The smallest absolute Gasteiger partial charge is 0.310 e. The van der Waals surface area contributed by atoms with E-state index in [1.54, 1.807) is 0 Å². The zero-order chi connectivity index (χ0) is 14.3. The normalized spacial score (nSPS) is 20.8. The molecular formula is C12H11F6N. The van der Waals surface area contributed by atoms with Gasteiger partial charge in [0, 0.05) is 6.04 Å². The summed E-state index contributed by atoms with van der Waals surface area (Å²) in [6.45, 7) is 0.599. The molecule has 1 nitrogen and oxygen atoms in total. The average Bonchev–Trinajstić information content (AvgIpc) is 2.79. The van der Waals surface area contributed by atoms with Crippen LogP contribution in [0.25, 0.3) is 0 Å². The fourth-order valence-corrected chi connectivity index (χ4v) is 2.15. The summed E-state index contributed by atoms with van der Waals surface area (Å²) in [4.78, 5) is 0. The lowest BCUT2D eigenvalue weighted by atomic mass is 9.98. The Labute approximate surface area is 105 Å². The van der Waals surface area contributed by atoms with Gasteiger partial charge in [0.15, 0.2) is 0 Å². The molecule has 0 amide bonds. The third kappa shape index (κ3) is 3.20. The van der Waals surface area contributed by atoms with Gasteiger partial charge >= 0.3 is 12.4 Å². The zero-order valence-electron chi connectivity index (χ0n) is 9.70. The highest BCUT2D eigenvalue weighted by atomic mass is 19.4. The maximum absolute atomic E-state index is 12.6. The molecule has 0 aliphatic carbocycles. The van der Waals surface area contributed by atoms with Crippen molar-refractivity contribution in [2.24, 2.45) is 0 Å². The van der Waals surface area contributed by atoms with Crippen molar-refractivity contribution < 1.29 is 26.3 Å². The fraction of sp³-hybridized carbons (Fsp3) is 0.500. The molecule has 0 radical (unpaired) electrons. The zero-order valence-corrected chi connectivity index (χ0v) is 9.70. The first kappa shape index (κ1) is 14.2. The molecule has 0 unspecified atom stereocenters. The first-order valence-corrected chi connectivity index (χ1v) is 5.71. The van der Waals surface area contributed by atoms with Gasteiger partial charge in [0.25, 0.3) is 0 Å². The maximum Gasteiger partial charge on any atom is 0.416 e. The van der Waals surface area contributed by atoms with Gasteiger partial charge in [-0.05, 0) is 43.1 Å². The standard InChI is InChI=1S/C12H11F6N/c13-11(14,15)8-4-7(10-2-1-3-19-10)5-9(6-8)12(16,17)18/h4-6,10,19H,1-3H2/t10-/m0/s1. The summed E-state index contributed by atoms with van der Waals surface area (Å²) < 4.78 is 75.8. The lowest BCUT2D eigenvalue weighted by Gasteiger charge is -2.17. The van der Waals surface area contributed by atoms with Crippen LogP contribution in [0.1, 0.15) is 35.6 Å². The molecule has 7 heteroatoms. The van der Waals surface area contributed by atoms with E-state index in [0.29, 0.717) is 13.0 Å². The minimum absolute atomic E-state index is 0.0413. The van der Waals surface area contributed by atoms with Crippen LogP contribution in [0.4, 0.5) is 26.3 Å². The highest BCUT2D eigenvalue weighted by molar-refractivity contribution is 5.35. The topological polar surface area (TPSA) is 12.0 Å². The molecule has 1 heterocycles. The minimum atomic E-state index is -4.78. The quantitative estimate of drug-likeness (QED) is 0.763. The number of alkyl halides is 6. The van der Waals surface area contributed by atoms with Crippen molar-refractivity contribution in [3.8, 4) is 0 Å². The van der Waals surface area contributed by atoms with E-state index >= 15 is 0 Å². The van der Waals surface area contributed by atoms with E-state index < -0.39 is 29.5 Å². The van der Waals surface area contributed by atoms with E-state index in [1.807, 2.05) is 0 Å². The first-order chi connectivity index (χ1) is 8.68. The largest absolute Gasteiger partial charge is 0.416 e. The molecule has 0 bridgehead atoms. The number of halogens is 6. The second-order valence-corrected chi connectivity index (χ2v) is 4.49. The van der Waals surface area contributed by atoms with Gasteiger partial charge in [-0.1, -0.05) is 0 Å². The Hall–Kier alpha value is -1.24. The van der Waals surface area contributed by atoms with Crippen molar-refractivity contribution in [3.63, 3.8) is 0 Å². The highest BCUT2D eigenvalue weighted by Crippen LogP contribution is 2.38. The van der Waals surface area contributed by atoms with Crippen LogP contribution in [0.5, 0.6) is 0 Å². The Kier molecular flexibility index (Phi) is 3.51. The molecule has 1 atom stereocenters. The van der Waals surface area contributed by atoms with E-state index in [0.717, 1.165) is 18.6 Å².